The van der Waals surface area contributed by atoms with Crippen molar-refractivity contribution >= 4 is 11.6 Å². The molecule has 0 saturated heterocycles. The third-order valence-corrected chi connectivity index (χ3v) is 3.88. The van der Waals surface area contributed by atoms with E-state index in [0.29, 0.717) is 10.8 Å². The Morgan fingerprint density at radius 2 is 1.88 bits per heavy atom. The van der Waals surface area contributed by atoms with Crippen LogP contribution < -0.4 is 5.73 Å². The quantitative estimate of drug-likeness (QED) is 0.802. The van der Waals surface area contributed by atoms with E-state index in [1.165, 1.54) is 0 Å². The van der Waals surface area contributed by atoms with Crippen molar-refractivity contribution in [1.82, 2.24) is 0 Å². The van der Waals surface area contributed by atoms with Gasteiger partial charge < -0.3 is 10.8 Å². The lowest BCUT2D eigenvalue weighted by Crippen LogP contribution is -2.43. The SMILES string of the molecule is CC(C)(C)c1cc(Cl)cc(C2(N)CCC2)c1O. The molecule has 3 heteroatoms. The summed E-state index contributed by atoms with van der Waals surface area (Å²) in [5.41, 5.74) is 7.45. The minimum atomic E-state index is -0.380. The summed E-state index contributed by atoms with van der Waals surface area (Å²) < 4.78 is 0. The Kier molecular flexibility index (Phi) is 2.91. The molecule has 0 unspecified atom stereocenters. The van der Waals surface area contributed by atoms with Gasteiger partial charge in [-0.1, -0.05) is 32.4 Å². The highest BCUT2D eigenvalue weighted by Crippen LogP contribution is 2.46. The molecule has 1 aromatic rings. The van der Waals surface area contributed by atoms with Crippen LogP contribution >= 0.6 is 11.6 Å². The van der Waals surface area contributed by atoms with Gasteiger partial charge in [0.2, 0.25) is 0 Å². The van der Waals surface area contributed by atoms with Crippen LogP contribution in [-0.2, 0) is 11.0 Å². The Labute approximate surface area is 108 Å². The second-order valence-corrected chi connectivity index (χ2v) is 6.55. The predicted octanol–water partition coefficient (Wildman–Crippen LogP) is 3.68. The van der Waals surface area contributed by atoms with Crippen LogP contribution in [-0.4, -0.2) is 5.11 Å². The molecule has 2 rings (SSSR count). The first-order valence-corrected chi connectivity index (χ1v) is 6.44. The third kappa shape index (κ3) is 2.16. The van der Waals surface area contributed by atoms with Crippen molar-refractivity contribution in [2.24, 2.45) is 5.73 Å². The van der Waals surface area contributed by atoms with Crippen molar-refractivity contribution in [2.45, 2.75) is 51.0 Å². The van der Waals surface area contributed by atoms with E-state index in [2.05, 4.69) is 20.8 Å². The number of phenolic OH excluding ortho intramolecular Hbond substituents is 1. The number of benzene rings is 1. The molecule has 94 valence electrons. The largest absolute Gasteiger partial charge is 0.507 e. The van der Waals surface area contributed by atoms with Crippen molar-refractivity contribution < 1.29 is 5.11 Å². The Bertz CT molecular complexity index is 444. The molecule has 0 aliphatic heterocycles. The Hall–Kier alpha value is -0.730. The minimum absolute atomic E-state index is 0.135. The fourth-order valence-electron chi connectivity index (χ4n) is 2.38. The van der Waals surface area contributed by atoms with Crippen molar-refractivity contribution in [3.63, 3.8) is 0 Å². The summed E-state index contributed by atoms with van der Waals surface area (Å²) in [5, 5.41) is 11.1. The number of phenols is 1. The number of halogens is 1. The van der Waals surface area contributed by atoms with Gasteiger partial charge in [-0.05, 0) is 36.8 Å². The summed E-state index contributed by atoms with van der Waals surface area (Å²) in [6, 6.07) is 3.65. The summed E-state index contributed by atoms with van der Waals surface area (Å²) in [6.07, 6.45) is 2.96. The van der Waals surface area contributed by atoms with Crippen LogP contribution in [0.25, 0.3) is 0 Å². The van der Waals surface area contributed by atoms with Crippen molar-refractivity contribution in [3.05, 3.63) is 28.3 Å². The van der Waals surface area contributed by atoms with Crippen LogP contribution in [0.1, 0.15) is 51.2 Å². The highest BCUT2D eigenvalue weighted by atomic mass is 35.5. The van der Waals surface area contributed by atoms with Gasteiger partial charge in [0, 0.05) is 21.7 Å². The summed E-state index contributed by atoms with van der Waals surface area (Å²) in [4.78, 5) is 0. The van der Waals surface area contributed by atoms with E-state index in [1.807, 2.05) is 12.1 Å². The highest BCUT2D eigenvalue weighted by molar-refractivity contribution is 6.30. The number of hydrogen-bond donors (Lipinski definition) is 2. The van der Waals surface area contributed by atoms with Gasteiger partial charge in [0.25, 0.3) is 0 Å². The van der Waals surface area contributed by atoms with Gasteiger partial charge in [-0.15, -0.1) is 0 Å². The van der Waals surface area contributed by atoms with Gasteiger partial charge in [0.1, 0.15) is 5.75 Å². The van der Waals surface area contributed by atoms with Crippen LogP contribution in [0.3, 0.4) is 0 Å². The van der Waals surface area contributed by atoms with Gasteiger partial charge in [0.15, 0.2) is 0 Å². The molecule has 0 amide bonds. The normalized spacial score (nSPS) is 18.9. The van der Waals surface area contributed by atoms with Gasteiger partial charge in [-0.25, -0.2) is 0 Å². The average Bonchev–Trinajstić information content (AvgIpc) is 2.16. The van der Waals surface area contributed by atoms with E-state index < -0.39 is 0 Å². The number of aromatic hydroxyl groups is 1. The lowest BCUT2D eigenvalue weighted by atomic mass is 9.71. The molecule has 3 N–H and O–H groups in total. The first kappa shape index (κ1) is 12.7. The van der Waals surface area contributed by atoms with E-state index in [0.717, 1.165) is 30.4 Å². The van der Waals surface area contributed by atoms with Crippen molar-refractivity contribution in [2.75, 3.05) is 0 Å². The molecular weight excluding hydrogens is 234 g/mol. The summed E-state index contributed by atoms with van der Waals surface area (Å²) >= 11 is 6.15. The van der Waals surface area contributed by atoms with Crippen LogP contribution in [0.5, 0.6) is 5.75 Å². The zero-order valence-corrected chi connectivity index (χ0v) is 11.4. The summed E-state index contributed by atoms with van der Waals surface area (Å²) in [7, 11) is 0. The van der Waals surface area contributed by atoms with Crippen LogP contribution in [0.4, 0.5) is 0 Å². The standard InChI is InChI=1S/C14H20ClNO/c1-13(2,3)10-7-9(15)8-11(12(10)17)14(16)5-4-6-14/h7-8,17H,4-6,16H2,1-3H3. The van der Waals surface area contributed by atoms with Gasteiger partial charge in [0.05, 0.1) is 0 Å². The van der Waals surface area contributed by atoms with Gasteiger partial charge in [-0.2, -0.15) is 0 Å². The highest BCUT2D eigenvalue weighted by Gasteiger charge is 2.38. The van der Waals surface area contributed by atoms with Crippen LogP contribution in [0.15, 0.2) is 12.1 Å². The Morgan fingerprint density at radius 3 is 2.29 bits per heavy atom. The van der Waals surface area contributed by atoms with Gasteiger partial charge in [-0.3, -0.25) is 0 Å². The molecule has 2 nitrogen and oxygen atoms in total. The molecule has 1 aliphatic rings. The average molecular weight is 254 g/mol. The van der Waals surface area contributed by atoms with E-state index in [-0.39, 0.29) is 11.0 Å². The second kappa shape index (κ2) is 3.89. The molecule has 1 aliphatic carbocycles. The molecule has 0 aromatic heterocycles. The minimum Gasteiger partial charge on any atom is -0.507 e. The molecule has 1 saturated carbocycles. The van der Waals surface area contributed by atoms with E-state index in [4.69, 9.17) is 17.3 Å². The monoisotopic (exact) mass is 253 g/mol. The van der Waals surface area contributed by atoms with Crippen molar-refractivity contribution in [1.29, 1.82) is 0 Å². The maximum absolute atomic E-state index is 10.4. The molecule has 0 heterocycles. The third-order valence-electron chi connectivity index (χ3n) is 3.66. The lowest BCUT2D eigenvalue weighted by Gasteiger charge is -2.40. The molecule has 0 bridgehead atoms. The van der Waals surface area contributed by atoms with Crippen molar-refractivity contribution in [3.8, 4) is 5.75 Å². The molecule has 1 fully saturated rings. The lowest BCUT2D eigenvalue weighted by molar-refractivity contribution is 0.244. The summed E-state index contributed by atoms with van der Waals surface area (Å²) in [5.74, 6) is 0.323. The van der Waals surface area contributed by atoms with Gasteiger partial charge >= 0.3 is 0 Å². The maximum Gasteiger partial charge on any atom is 0.124 e. The fourth-order valence-corrected chi connectivity index (χ4v) is 2.60. The summed E-state index contributed by atoms with van der Waals surface area (Å²) in [6.45, 7) is 6.18. The zero-order chi connectivity index (χ0) is 12.8. The molecule has 0 radical (unpaired) electrons. The van der Waals surface area contributed by atoms with E-state index in [9.17, 15) is 5.11 Å². The molecular formula is C14H20ClNO. The fraction of sp³-hybridized carbons (Fsp3) is 0.571. The smallest absolute Gasteiger partial charge is 0.124 e. The number of nitrogens with two attached hydrogens (primary N) is 1. The van der Waals surface area contributed by atoms with Crippen LogP contribution in [0.2, 0.25) is 5.02 Å². The molecule has 1 aromatic carbocycles. The first-order valence-electron chi connectivity index (χ1n) is 6.06. The Balaban J connectivity index is 2.58. The molecule has 0 atom stereocenters. The zero-order valence-electron chi connectivity index (χ0n) is 10.7. The first-order chi connectivity index (χ1) is 7.74. The van der Waals surface area contributed by atoms with E-state index >= 15 is 0 Å². The Morgan fingerprint density at radius 1 is 1.29 bits per heavy atom. The van der Waals surface area contributed by atoms with Crippen LogP contribution in [0, 0.1) is 0 Å². The topological polar surface area (TPSA) is 46.2 Å². The van der Waals surface area contributed by atoms with E-state index in [1.54, 1.807) is 0 Å². The molecule has 17 heavy (non-hydrogen) atoms. The number of rotatable bonds is 1. The number of hydrogen-bond acceptors (Lipinski definition) is 2. The maximum atomic E-state index is 10.4. The molecule has 0 spiro atoms. The second-order valence-electron chi connectivity index (χ2n) is 6.11. The predicted molar refractivity (Wildman–Crippen MR) is 71.5 cm³/mol.